The van der Waals surface area contributed by atoms with Crippen molar-refractivity contribution in [3.63, 3.8) is 0 Å². The smallest absolute Gasteiger partial charge is 0.134 e. The number of hydrogen-bond acceptors (Lipinski definition) is 2. The Bertz CT molecular complexity index is 527. The van der Waals surface area contributed by atoms with Crippen molar-refractivity contribution in [2.45, 2.75) is 33.2 Å². The Morgan fingerprint density at radius 3 is 2.74 bits per heavy atom. The molecule has 102 valence electrons. The van der Waals surface area contributed by atoms with Crippen LogP contribution in [0.4, 0.5) is 0 Å². The van der Waals surface area contributed by atoms with Crippen LogP contribution in [0.25, 0.3) is 11.3 Å². The van der Waals surface area contributed by atoms with Gasteiger partial charge in [-0.15, -0.1) is 0 Å². The number of nitrogens with one attached hydrogen (secondary N) is 1. The van der Waals surface area contributed by atoms with E-state index in [2.05, 4.69) is 66.3 Å². The van der Waals surface area contributed by atoms with Gasteiger partial charge in [0.25, 0.3) is 0 Å². The third-order valence-corrected chi connectivity index (χ3v) is 3.54. The lowest BCUT2D eigenvalue weighted by atomic mass is 10.1. The van der Waals surface area contributed by atoms with Crippen LogP contribution in [0.5, 0.6) is 0 Å². The first-order valence-corrected chi connectivity index (χ1v) is 7.50. The van der Waals surface area contributed by atoms with Gasteiger partial charge in [-0.2, -0.15) is 0 Å². The van der Waals surface area contributed by atoms with Gasteiger partial charge in [-0.05, 0) is 62.7 Å². The van der Waals surface area contributed by atoms with E-state index in [0.29, 0.717) is 0 Å². The fraction of sp³-hybridized carbons (Fsp3) is 0.375. The van der Waals surface area contributed by atoms with Crippen molar-refractivity contribution in [1.29, 1.82) is 0 Å². The zero-order valence-corrected chi connectivity index (χ0v) is 13.3. The molecule has 2 nitrogen and oxygen atoms in total. The molecule has 19 heavy (non-hydrogen) atoms. The molecular formula is C16H20BrNO. The van der Waals surface area contributed by atoms with Gasteiger partial charge in [0.2, 0.25) is 0 Å². The molecule has 0 amide bonds. The fourth-order valence-corrected chi connectivity index (χ4v) is 2.69. The molecule has 1 N–H and O–H groups in total. The second-order valence-electron chi connectivity index (χ2n) is 4.90. The summed E-state index contributed by atoms with van der Waals surface area (Å²) in [7, 11) is 0. The second-order valence-corrected chi connectivity index (χ2v) is 5.81. The quantitative estimate of drug-likeness (QED) is 0.830. The number of furan rings is 1. The summed E-state index contributed by atoms with van der Waals surface area (Å²) in [6.45, 7) is 7.39. The minimum absolute atomic E-state index is 0.252. The first kappa shape index (κ1) is 14.4. The van der Waals surface area contributed by atoms with Gasteiger partial charge < -0.3 is 9.73 Å². The third kappa shape index (κ3) is 3.71. The highest BCUT2D eigenvalue weighted by molar-refractivity contribution is 9.10. The molecule has 0 aliphatic carbocycles. The molecule has 2 rings (SSSR count). The molecule has 0 saturated carbocycles. The predicted octanol–water partition coefficient (Wildman–Crippen LogP) is 5.08. The van der Waals surface area contributed by atoms with E-state index in [4.69, 9.17) is 4.42 Å². The van der Waals surface area contributed by atoms with Gasteiger partial charge in [0.05, 0.1) is 6.04 Å². The summed E-state index contributed by atoms with van der Waals surface area (Å²) in [5, 5.41) is 3.43. The minimum atomic E-state index is 0.252. The van der Waals surface area contributed by atoms with E-state index in [9.17, 15) is 0 Å². The van der Waals surface area contributed by atoms with Gasteiger partial charge in [0.15, 0.2) is 0 Å². The monoisotopic (exact) mass is 321 g/mol. The predicted molar refractivity (Wildman–Crippen MR) is 83.3 cm³/mol. The molecule has 1 aromatic carbocycles. The molecule has 0 aliphatic rings. The van der Waals surface area contributed by atoms with Crippen molar-refractivity contribution in [1.82, 2.24) is 5.32 Å². The van der Waals surface area contributed by atoms with E-state index in [1.54, 1.807) is 0 Å². The molecule has 3 heteroatoms. The first-order valence-electron chi connectivity index (χ1n) is 6.71. The van der Waals surface area contributed by atoms with Crippen molar-refractivity contribution < 1.29 is 4.42 Å². The maximum atomic E-state index is 5.96. The SMILES string of the molecule is CCCNC(C)c1ccc(-c2cc(C)cc(Br)c2)o1. The number of aryl methyl sites for hydroxylation is 1. The highest BCUT2D eigenvalue weighted by atomic mass is 79.9. The lowest BCUT2D eigenvalue weighted by molar-refractivity contribution is 0.439. The van der Waals surface area contributed by atoms with Crippen molar-refractivity contribution in [3.8, 4) is 11.3 Å². The Kier molecular flexibility index (Phi) is 4.83. The molecule has 0 spiro atoms. The molecule has 0 fully saturated rings. The van der Waals surface area contributed by atoms with E-state index in [1.165, 1.54) is 5.56 Å². The Morgan fingerprint density at radius 2 is 2.05 bits per heavy atom. The highest BCUT2D eigenvalue weighted by Gasteiger charge is 2.11. The summed E-state index contributed by atoms with van der Waals surface area (Å²) in [4.78, 5) is 0. The molecule has 1 unspecified atom stereocenters. The summed E-state index contributed by atoms with van der Waals surface area (Å²) in [6, 6.07) is 10.7. The number of benzene rings is 1. The summed E-state index contributed by atoms with van der Waals surface area (Å²) in [5.74, 6) is 1.91. The maximum absolute atomic E-state index is 5.96. The molecule has 1 heterocycles. The second kappa shape index (κ2) is 6.40. The van der Waals surface area contributed by atoms with Crippen LogP contribution in [-0.2, 0) is 0 Å². The van der Waals surface area contributed by atoms with Crippen molar-refractivity contribution >= 4 is 15.9 Å². The first-order chi connectivity index (χ1) is 9.10. The Morgan fingerprint density at radius 1 is 1.26 bits per heavy atom. The minimum Gasteiger partial charge on any atom is -0.459 e. The van der Waals surface area contributed by atoms with Crippen LogP contribution >= 0.6 is 15.9 Å². The Balaban J connectivity index is 2.20. The van der Waals surface area contributed by atoms with Crippen LogP contribution in [0.1, 0.15) is 37.6 Å². The molecule has 0 bridgehead atoms. The van der Waals surface area contributed by atoms with E-state index in [-0.39, 0.29) is 6.04 Å². The van der Waals surface area contributed by atoms with Crippen LogP contribution in [0.2, 0.25) is 0 Å². The largest absolute Gasteiger partial charge is 0.459 e. The van der Waals surface area contributed by atoms with E-state index in [1.807, 2.05) is 6.07 Å². The van der Waals surface area contributed by atoms with Crippen LogP contribution in [0.15, 0.2) is 39.2 Å². The maximum Gasteiger partial charge on any atom is 0.134 e. The van der Waals surface area contributed by atoms with Crippen LogP contribution in [0, 0.1) is 6.92 Å². The van der Waals surface area contributed by atoms with Gasteiger partial charge >= 0.3 is 0 Å². The van der Waals surface area contributed by atoms with E-state index < -0.39 is 0 Å². The van der Waals surface area contributed by atoms with E-state index >= 15 is 0 Å². The number of hydrogen-bond donors (Lipinski definition) is 1. The number of rotatable bonds is 5. The average Bonchev–Trinajstić information content (AvgIpc) is 2.84. The zero-order valence-electron chi connectivity index (χ0n) is 11.7. The normalized spacial score (nSPS) is 12.6. The van der Waals surface area contributed by atoms with Gasteiger partial charge in [0.1, 0.15) is 11.5 Å². The highest BCUT2D eigenvalue weighted by Crippen LogP contribution is 2.28. The summed E-state index contributed by atoms with van der Waals surface area (Å²) in [5.41, 5.74) is 2.33. The van der Waals surface area contributed by atoms with Crippen LogP contribution in [-0.4, -0.2) is 6.54 Å². The third-order valence-electron chi connectivity index (χ3n) is 3.08. The topological polar surface area (TPSA) is 25.2 Å². The van der Waals surface area contributed by atoms with Crippen molar-refractivity contribution in [2.75, 3.05) is 6.54 Å². The van der Waals surface area contributed by atoms with Gasteiger partial charge in [-0.1, -0.05) is 22.9 Å². The van der Waals surface area contributed by atoms with Crippen LogP contribution < -0.4 is 5.32 Å². The van der Waals surface area contributed by atoms with Gasteiger partial charge in [-0.3, -0.25) is 0 Å². The fourth-order valence-electron chi connectivity index (χ4n) is 2.08. The van der Waals surface area contributed by atoms with Crippen molar-refractivity contribution in [2.24, 2.45) is 0 Å². The lowest BCUT2D eigenvalue weighted by Crippen LogP contribution is -2.18. The van der Waals surface area contributed by atoms with Gasteiger partial charge in [0, 0.05) is 10.0 Å². The Labute approximate surface area is 123 Å². The summed E-state index contributed by atoms with van der Waals surface area (Å²) in [6.07, 6.45) is 1.13. The standard InChI is InChI=1S/C16H20BrNO/c1-4-7-18-12(3)15-5-6-16(19-15)13-8-11(2)9-14(17)10-13/h5-6,8-10,12,18H,4,7H2,1-3H3. The molecule has 0 radical (unpaired) electrons. The number of halogens is 1. The summed E-state index contributed by atoms with van der Waals surface area (Å²) < 4.78 is 7.04. The molecule has 2 aromatic rings. The van der Waals surface area contributed by atoms with Crippen LogP contribution in [0.3, 0.4) is 0 Å². The molecule has 0 aliphatic heterocycles. The average molecular weight is 322 g/mol. The molecule has 1 aromatic heterocycles. The van der Waals surface area contributed by atoms with E-state index in [0.717, 1.165) is 34.5 Å². The molecule has 1 atom stereocenters. The van der Waals surface area contributed by atoms with Gasteiger partial charge in [-0.25, -0.2) is 0 Å². The summed E-state index contributed by atoms with van der Waals surface area (Å²) >= 11 is 3.53. The lowest BCUT2D eigenvalue weighted by Gasteiger charge is -2.10. The zero-order chi connectivity index (χ0) is 13.8. The molecular weight excluding hydrogens is 302 g/mol. The van der Waals surface area contributed by atoms with Crippen molar-refractivity contribution in [3.05, 3.63) is 46.1 Å². The Hall–Kier alpha value is -1.06. The molecule has 0 saturated heterocycles.